The lowest BCUT2D eigenvalue weighted by Gasteiger charge is -2.07. The molecule has 0 saturated heterocycles. The first kappa shape index (κ1) is 14.7. The van der Waals surface area contributed by atoms with Crippen LogP contribution in [0.5, 0.6) is 0 Å². The van der Waals surface area contributed by atoms with E-state index in [1.807, 2.05) is 66.7 Å². The van der Waals surface area contributed by atoms with Gasteiger partial charge in [-0.15, -0.1) is 0 Å². The number of fused-ring (bicyclic) bond motifs is 1. The zero-order chi connectivity index (χ0) is 16.4. The summed E-state index contributed by atoms with van der Waals surface area (Å²) in [6.45, 7) is 0. The van der Waals surface area contributed by atoms with E-state index < -0.39 is 0 Å². The van der Waals surface area contributed by atoms with Crippen molar-refractivity contribution in [3.63, 3.8) is 0 Å². The first-order valence-corrected chi connectivity index (χ1v) is 8.67. The highest BCUT2D eigenvalue weighted by Crippen LogP contribution is 2.24. The second kappa shape index (κ2) is 6.30. The van der Waals surface area contributed by atoms with Crippen LogP contribution in [0.15, 0.2) is 83.6 Å². The van der Waals surface area contributed by atoms with Crippen molar-refractivity contribution in [3.8, 4) is 11.1 Å². The Hall–Kier alpha value is -2.91. The van der Waals surface area contributed by atoms with Gasteiger partial charge in [0, 0.05) is 11.3 Å². The molecule has 24 heavy (non-hydrogen) atoms. The Morgan fingerprint density at radius 2 is 1.58 bits per heavy atom. The van der Waals surface area contributed by atoms with E-state index in [1.165, 1.54) is 5.56 Å². The molecule has 3 aromatic carbocycles. The zero-order valence-electron chi connectivity index (χ0n) is 12.9. The van der Waals surface area contributed by atoms with Gasteiger partial charge in [0.15, 0.2) is 0 Å². The number of nitrogens with one attached hydrogen (secondary N) is 1. The zero-order valence-corrected chi connectivity index (χ0v) is 13.7. The first-order chi connectivity index (χ1) is 11.8. The van der Waals surface area contributed by atoms with E-state index in [0.717, 1.165) is 22.0 Å². The molecule has 0 radical (unpaired) electrons. The third kappa shape index (κ3) is 2.94. The predicted octanol–water partition coefficient (Wildman–Crippen LogP) is 5.82. The SMILES string of the molecule is O=C(Nc1ccc(-c2ccsc2)cc1)c1ccc2ccccc2c1. The van der Waals surface area contributed by atoms with Gasteiger partial charge in [0.1, 0.15) is 0 Å². The van der Waals surface area contributed by atoms with Crippen molar-refractivity contribution >= 4 is 33.7 Å². The minimum absolute atomic E-state index is 0.0935. The molecule has 4 rings (SSSR count). The minimum atomic E-state index is -0.0935. The number of thiophene rings is 1. The highest BCUT2D eigenvalue weighted by molar-refractivity contribution is 7.08. The lowest BCUT2D eigenvalue weighted by molar-refractivity contribution is 0.102. The van der Waals surface area contributed by atoms with E-state index in [2.05, 4.69) is 22.1 Å². The van der Waals surface area contributed by atoms with E-state index in [1.54, 1.807) is 11.3 Å². The molecule has 116 valence electrons. The first-order valence-electron chi connectivity index (χ1n) is 7.72. The van der Waals surface area contributed by atoms with E-state index in [0.29, 0.717) is 5.56 Å². The van der Waals surface area contributed by atoms with Gasteiger partial charge in [-0.3, -0.25) is 4.79 Å². The van der Waals surface area contributed by atoms with Crippen molar-refractivity contribution in [2.75, 3.05) is 5.32 Å². The van der Waals surface area contributed by atoms with Crippen molar-refractivity contribution in [1.29, 1.82) is 0 Å². The van der Waals surface area contributed by atoms with Gasteiger partial charge < -0.3 is 5.32 Å². The summed E-state index contributed by atoms with van der Waals surface area (Å²) in [6, 6.07) is 23.8. The van der Waals surface area contributed by atoms with Crippen LogP contribution in [0.3, 0.4) is 0 Å². The van der Waals surface area contributed by atoms with E-state index in [-0.39, 0.29) is 5.91 Å². The third-order valence-corrected chi connectivity index (χ3v) is 4.69. The molecule has 4 aromatic rings. The number of benzene rings is 3. The van der Waals surface area contributed by atoms with Gasteiger partial charge in [0.25, 0.3) is 5.91 Å². The number of hydrogen-bond acceptors (Lipinski definition) is 2. The molecule has 1 heterocycles. The monoisotopic (exact) mass is 329 g/mol. The molecule has 0 spiro atoms. The second-order valence-electron chi connectivity index (χ2n) is 5.61. The number of carbonyl (C=O) groups excluding carboxylic acids is 1. The van der Waals surface area contributed by atoms with E-state index >= 15 is 0 Å². The smallest absolute Gasteiger partial charge is 0.255 e. The van der Waals surface area contributed by atoms with Gasteiger partial charge in [-0.1, -0.05) is 42.5 Å². The van der Waals surface area contributed by atoms with E-state index in [9.17, 15) is 4.79 Å². The topological polar surface area (TPSA) is 29.1 Å². The lowest BCUT2D eigenvalue weighted by Crippen LogP contribution is -2.11. The summed E-state index contributed by atoms with van der Waals surface area (Å²) in [5.74, 6) is -0.0935. The molecule has 1 amide bonds. The third-order valence-electron chi connectivity index (χ3n) is 4.01. The molecule has 0 saturated carbocycles. The molecule has 1 aromatic heterocycles. The van der Waals surface area contributed by atoms with Crippen LogP contribution >= 0.6 is 11.3 Å². The number of anilines is 1. The summed E-state index contributed by atoms with van der Waals surface area (Å²) >= 11 is 1.68. The maximum atomic E-state index is 12.5. The molecule has 0 aliphatic carbocycles. The van der Waals surface area contributed by atoms with Crippen LogP contribution in [0, 0.1) is 0 Å². The van der Waals surface area contributed by atoms with Crippen LogP contribution in [0.2, 0.25) is 0 Å². The molecule has 0 aliphatic heterocycles. The summed E-state index contributed by atoms with van der Waals surface area (Å²) in [7, 11) is 0. The summed E-state index contributed by atoms with van der Waals surface area (Å²) in [6.07, 6.45) is 0. The summed E-state index contributed by atoms with van der Waals surface area (Å²) in [4.78, 5) is 12.5. The summed E-state index contributed by atoms with van der Waals surface area (Å²) < 4.78 is 0. The minimum Gasteiger partial charge on any atom is -0.322 e. The Bertz CT molecular complexity index is 988. The van der Waals surface area contributed by atoms with Gasteiger partial charge in [0.2, 0.25) is 0 Å². The van der Waals surface area contributed by atoms with Crippen LogP contribution in [0.4, 0.5) is 5.69 Å². The maximum absolute atomic E-state index is 12.5. The maximum Gasteiger partial charge on any atom is 0.255 e. The van der Waals surface area contributed by atoms with Gasteiger partial charge in [-0.25, -0.2) is 0 Å². The Kier molecular flexibility index (Phi) is 3.85. The Morgan fingerprint density at radius 3 is 2.33 bits per heavy atom. The fourth-order valence-corrected chi connectivity index (χ4v) is 3.37. The number of carbonyl (C=O) groups is 1. The van der Waals surface area contributed by atoms with Crippen molar-refractivity contribution in [2.24, 2.45) is 0 Å². The van der Waals surface area contributed by atoms with Gasteiger partial charge >= 0.3 is 0 Å². The van der Waals surface area contributed by atoms with Gasteiger partial charge in [-0.05, 0) is 63.0 Å². The number of hydrogen-bond donors (Lipinski definition) is 1. The molecule has 0 atom stereocenters. The second-order valence-corrected chi connectivity index (χ2v) is 6.39. The van der Waals surface area contributed by atoms with E-state index in [4.69, 9.17) is 0 Å². The largest absolute Gasteiger partial charge is 0.322 e. The molecule has 0 aliphatic rings. The van der Waals surface area contributed by atoms with Crippen molar-refractivity contribution in [2.45, 2.75) is 0 Å². The van der Waals surface area contributed by atoms with Crippen LogP contribution in [-0.2, 0) is 0 Å². The normalized spacial score (nSPS) is 10.7. The molecule has 2 nitrogen and oxygen atoms in total. The predicted molar refractivity (Wildman–Crippen MR) is 102 cm³/mol. The lowest BCUT2D eigenvalue weighted by atomic mass is 10.1. The van der Waals surface area contributed by atoms with Crippen LogP contribution in [-0.4, -0.2) is 5.91 Å². The fraction of sp³-hybridized carbons (Fsp3) is 0. The quantitative estimate of drug-likeness (QED) is 0.504. The molecule has 0 unspecified atom stereocenters. The molecule has 3 heteroatoms. The average Bonchev–Trinajstić information content (AvgIpc) is 3.16. The fourth-order valence-electron chi connectivity index (χ4n) is 2.71. The Balaban J connectivity index is 1.54. The van der Waals surface area contributed by atoms with Crippen LogP contribution in [0.25, 0.3) is 21.9 Å². The standard InChI is InChI=1S/C21H15NOS/c23-21(18-6-5-15-3-1-2-4-17(15)13-18)22-20-9-7-16(8-10-20)19-11-12-24-14-19/h1-14H,(H,22,23). The number of amides is 1. The molecule has 0 fully saturated rings. The Morgan fingerprint density at radius 1 is 0.792 bits per heavy atom. The average molecular weight is 329 g/mol. The van der Waals surface area contributed by atoms with Gasteiger partial charge in [0.05, 0.1) is 0 Å². The van der Waals surface area contributed by atoms with Crippen molar-refractivity contribution in [3.05, 3.63) is 89.1 Å². The molecular weight excluding hydrogens is 314 g/mol. The van der Waals surface area contributed by atoms with Crippen molar-refractivity contribution < 1.29 is 4.79 Å². The van der Waals surface area contributed by atoms with Crippen LogP contribution < -0.4 is 5.32 Å². The highest BCUT2D eigenvalue weighted by atomic mass is 32.1. The summed E-state index contributed by atoms with van der Waals surface area (Å²) in [5, 5.41) is 9.33. The van der Waals surface area contributed by atoms with Crippen LogP contribution in [0.1, 0.15) is 10.4 Å². The molecular formula is C21H15NOS. The molecule has 0 bridgehead atoms. The van der Waals surface area contributed by atoms with Gasteiger partial charge in [-0.2, -0.15) is 11.3 Å². The Labute approximate surface area is 144 Å². The number of rotatable bonds is 3. The summed E-state index contributed by atoms with van der Waals surface area (Å²) in [5.41, 5.74) is 3.81. The highest BCUT2D eigenvalue weighted by Gasteiger charge is 2.07. The molecule has 1 N–H and O–H groups in total. The van der Waals surface area contributed by atoms with Crippen molar-refractivity contribution in [1.82, 2.24) is 0 Å².